The normalized spacial score (nSPS) is 12.0. The smallest absolute Gasteiger partial charge is 0.230 e. The van der Waals surface area contributed by atoms with E-state index in [1.165, 1.54) is 12.1 Å². The molecule has 2 rings (SSSR count). The van der Waals surface area contributed by atoms with Gasteiger partial charge in [-0.3, -0.25) is 4.79 Å². The highest BCUT2D eigenvalue weighted by atomic mass is 32.2. The maximum absolute atomic E-state index is 13.4. The zero-order valence-corrected chi connectivity index (χ0v) is 12.6. The number of hydrogen-bond donors (Lipinski definition) is 1. The minimum atomic E-state index is -0.959. The van der Waals surface area contributed by atoms with Crippen LogP contribution in [0.15, 0.2) is 47.4 Å². The highest BCUT2D eigenvalue weighted by molar-refractivity contribution is 8.00. The Kier molecular flexibility index (Phi) is 5.49. The van der Waals surface area contributed by atoms with Gasteiger partial charge in [-0.15, -0.1) is 11.8 Å². The second-order valence-corrected chi connectivity index (χ2v) is 5.70. The van der Waals surface area contributed by atoms with Crippen LogP contribution in [-0.2, 0) is 4.79 Å². The lowest BCUT2D eigenvalue weighted by atomic mass is 10.1. The molecule has 0 radical (unpaired) electrons. The molecule has 0 bridgehead atoms. The standard InChI is InChI=1S/C16H14F3NOS/c1-10(11-6-7-12(17)14(19)8-11)20-16(21)9-22-15-5-3-2-4-13(15)18/h2-8,10H,9H2,1H3,(H,20,21). The van der Waals surface area contributed by atoms with Crippen LogP contribution in [0.3, 0.4) is 0 Å². The van der Waals surface area contributed by atoms with Gasteiger partial charge in [0.2, 0.25) is 5.91 Å². The van der Waals surface area contributed by atoms with Gasteiger partial charge < -0.3 is 5.32 Å². The Morgan fingerprint density at radius 2 is 1.82 bits per heavy atom. The molecule has 0 aliphatic carbocycles. The largest absolute Gasteiger partial charge is 0.349 e. The Labute approximate surface area is 130 Å². The zero-order valence-electron chi connectivity index (χ0n) is 11.8. The van der Waals surface area contributed by atoms with Crippen LogP contribution in [0.5, 0.6) is 0 Å². The minimum Gasteiger partial charge on any atom is -0.349 e. The number of rotatable bonds is 5. The molecule has 0 aliphatic heterocycles. The summed E-state index contributed by atoms with van der Waals surface area (Å²) in [4.78, 5) is 12.2. The highest BCUT2D eigenvalue weighted by Gasteiger charge is 2.13. The van der Waals surface area contributed by atoms with Crippen LogP contribution in [-0.4, -0.2) is 11.7 Å². The lowest BCUT2D eigenvalue weighted by Crippen LogP contribution is -2.28. The van der Waals surface area contributed by atoms with Crippen molar-refractivity contribution in [2.24, 2.45) is 0 Å². The van der Waals surface area contributed by atoms with Gasteiger partial charge in [0.25, 0.3) is 0 Å². The topological polar surface area (TPSA) is 29.1 Å². The van der Waals surface area contributed by atoms with E-state index >= 15 is 0 Å². The van der Waals surface area contributed by atoms with Crippen LogP contribution in [0.2, 0.25) is 0 Å². The van der Waals surface area contributed by atoms with Gasteiger partial charge in [-0.25, -0.2) is 13.2 Å². The van der Waals surface area contributed by atoms with Gasteiger partial charge in [0.05, 0.1) is 11.8 Å². The third-order valence-corrected chi connectivity index (χ3v) is 4.07. The summed E-state index contributed by atoms with van der Waals surface area (Å²) in [7, 11) is 0. The maximum Gasteiger partial charge on any atom is 0.230 e. The van der Waals surface area contributed by atoms with Crippen LogP contribution < -0.4 is 5.32 Å². The van der Waals surface area contributed by atoms with Crippen molar-refractivity contribution in [1.29, 1.82) is 0 Å². The van der Waals surface area contributed by atoms with Gasteiger partial charge in [0.15, 0.2) is 11.6 Å². The molecule has 0 aromatic heterocycles. The first-order valence-electron chi connectivity index (χ1n) is 6.59. The summed E-state index contributed by atoms with van der Waals surface area (Å²) in [5.74, 6) is -2.55. The molecular formula is C16H14F3NOS. The summed E-state index contributed by atoms with van der Waals surface area (Å²) >= 11 is 1.08. The average Bonchev–Trinajstić information content (AvgIpc) is 2.49. The number of benzene rings is 2. The van der Waals surface area contributed by atoms with Crippen molar-refractivity contribution in [2.75, 3.05) is 5.75 Å². The Balaban J connectivity index is 1.91. The van der Waals surface area contributed by atoms with Gasteiger partial charge in [-0.2, -0.15) is 0 Å². The van der Waals surface area contributed by atoms with E-state index in [4.69, 9.17) is 0 Å². The molecule has 0 saturated carbocycles. The summed E-state index contributed by atoms with van der Waals surface area (Å²) in [6.07, 6.45) is 0. The number of amides is 1. The monoisotopic (exact) mass is 325 g/mol. The van der Waals surface area contributed by atoms with Gasteiger partial charge >= 0.3 is 0 Å². The highest BCUT2D eigenvalue weighted by Crippen LogP contribution is 2.21. The molecule has 0 heterocycles. The quantitative estimate of drug-likeness (QED) is 0.840. The van der Waals surface area contributed by atoms with E-state index in [-0.39, 0.29) is 17.5 Å². The molecule has 0 spiro atoms. The molecular weight excluding hydrogens is 311 g/mol. The van der Waals surface area contributed by atoms with Crippen molar-refractivity contribution < 1.29 is 18.0 Å². The molecule has 116 valence electrons. The molecule has 1 unspecified atom stereocenters. The second-order valence-electron chi connectivity index (χ2n) is 4.68. The summed E-state index contributed by atoms with van der Waals surface area (Å²) in [5, 5.41) is 2.66. The van der Waals surface area contributed by atoms with E-state index in [9.17, 15) is 18.0 Å². The van der Waals surface area contributed by atoms with E-state index < -0.39 is 17.7 Å². The second kappa shape index (κ2) is 7.35. The SMILES string of the molecule is CC(NC(=O)CSc1ccccc1F)c1ccc(F)c(F)c1. The fourth-order valence-electron chi connectivity index (χ4n) is 1.85. The molecule has 6 heteroatoms. The van der Waals surface area contributed by atoms with Crippen LogP contribution >= 0.6 is 11.8 Å². The van der Waals surface area contributed by atoms with E-state index in [2.05, 4.69) is 5.32 Å². The third-order valence-electron chi connectivity index (χ3n) is 3.02. The van der Waals surface area contributed by atoms with Crippen molar-refractivity contribution in [3.8, 4) is 0 Å². The van der Waals surface area contributed by atoms with Crippen LogP contribution in [0.4, 0.5) is 13.2 Å². The molecule has 0 fully saturated rings. The minimum absolute atomic E-state index is 0.0367. The van der Waals surface area contributed by atoms with Crippen molar-refractivity contribution in [3.63, 3.8) is 0 Å². The van der Waals surface area contributed by atoms with Crippen LogP contribution in [0, 0.1) is 17.5 Å². The summed E-state index contributed by atoms with van der Waals surface area (Å²) < 4.78 is 39.4. The number of carbonyl (C=O) groups excluding carboxylic acids is 1. The fraction of sp³-hybridized carbons (Fsp3) is 0.188. The van der Waals surface area contributed by atoms with E-state index in [0.717, 1.165) is 23.9 Å². The molecule has 1 atom stereocenters. The van der Waals surface area contributed by atoms with Crippen molar-refractivity contribution in [2.45, 2.75) is 17.9 Å². The number of carbonyl (C=O) groups is 1. The van der Waals surface area contributed by atoms with Crippen LogP contribution in [0.1, 0.15) is 18.5 Å². The lowest BCUT2D eigenvalue weighted by molar-refractivity contribution is -0.119. The van der Waals surface area contributed by atoms with Crippen molar-refractivity contribution in [1.82, 2.24) is 5.32 Å². The predicted molar refractivity (Wildman–Crippen MR) is 80.0 cm³/mol. The molecule has 2 nitrogen and oxygen atoms in total. The number of thioether (sulfide) groups is 1. The number of hydrogen-bond acceptors (Lipinski definition) is 2. The molecule has 2 aromatic rings. The summed E-state index contributed by atoms with van der Waals surface area (Å²) in [6, 6.07) is 9.18. The Hall–Kier alpha value is -1.95. The first-order valence-corrected chi connectivity index (χ1v) is 7.57. The molecule has 2 aromatic carbocycles. The lowest BCUT2D eigenvalue weighted by Gasteiger charge is -2.14. The van der Waals surface area contributed by atoms with E-state index in [0.29, 0.717) is 10.5 Å². The number of nitrogens with one attached hydrogen (secondary N) is 1. The van der Waals surface area contributed by atoms with Gasteiger partial charge in [-0.1, -0.05) is 18.2 Å². The average molecular weight is 325 g/mol. The molecule has 22 heavy (non-hydrogen) atoms. The van der Waals surface area contributed by atoms with E-state index in [1.807, 2.05) is 0 Å². The predicted octanol–water partition coefficient (Wildman–Crippen LogP) is 4.07. The Morgan fingerprint density at radius 3 is 2.50 bits per heavy atom. The van der Waals surface area contributed by atoms with E-state index in [1.54, 1.807) is 25.1 Å². The molecule has 1 amide bonds. The first kappa shape index (κ1) is 16.4. The third kappa shape index (κ3) is 4.27. The van der Waals surface area contributed by atoms with Crippen LogP contribution in [0.25, 0.3) is 0 Å². The fourth-order valence-corrected chi connectivity index (χ4v) is 2.60. The Bertz CT molecular complexity index is 678. The number of halogens is 3. The van der Waals surface area contributed by atoms with Crippen molar-refractivity contribution >= 4 is 17.7 Å². The summed E-state index contributed by atoms with van der Waals surface area (Å²) in [5.41, 5.74) is 0.461. The molecule has 0 aliphatic rings. The summed E-state index contributed by atoms with van der Waals surface area (Å²) in [6.45, 7) is 1.67. The molecule has 0 saturated heterocycles. The van der Waals surface area contributed by atoms with Gasteiger partial charge in [0, 0.05) is 4.90 Å². The zero-order chi connectivity index (χ0) is 16.1. The Morgan fingerprint density at radius 1 is 1.09 bits per heavy atom. The van der Waals surface area contributed by atoms with Crippen molar-refractivity contribution in [3.05, 3.63) is 65.5 Å². The first-order chi connectivity index (χ1) is 10.5. The van der Waals surface area contributed by atoms with Gasteiger partial charge in [-0.05, 0) is 36.8 Å². The maximum atomic E-state index is 13.4. The van der Waals surface area contributed by atoms with Gasteiger partial charge in [0.1, 0.15) is 5.82 Å². The molecule has 1 N–H and O–H groups in total.